The lowest BCUT2D eigenvalue weighted by Gasteiger charge is -2.03. The van der Waals surface area contributed by atoms with Crippen molar-refractivity contribution in [3.8, 4) is 0 Å². The van der Waals surface area contributed by atoms with Gasteiger partial charge in [-0.1, -0.05) is 11.6 Å². The molecular formula is C10H11ClN2O. The van der Waals surface area contributed by atoms with Crippen LogP contribution in [0, 0.1) is 0 Å². The zero-order valence-electron chi connectivity index (χ0n) is 7.83. The van der Waals surface area contributed by atoms with E-state index in [1.54, 1.807) is 0 Å². The van der Waals surface area contributed by atoms with E-state index >= 15 is 0 Å². The molecule has 1 aromatic carbocycles. The highest BCUT2D eigenvalue weighted by Crippen LogP contribution is 2.26. The Bertz CT molecular complexity index is 464. The van der Waals surface area contributed by atoms with Crippen LogP contribution < -0.4 is 5.90 Å². The molecular weight excluding hydrogens is 200 g/mol. The van der Waals surface area contributed by atoms with E-state index in [-0.39, 0.29) is 0 Å². The minimum atomic E-state index is 0.376. The summed E-state index contributed by atoms with van der Waals surface area (Å²) in [6, 6.07) is 5.88. The molecule has 0 radical (unpaired) electrons. The second-order valence-corrected chi connectivity index (χ2v) is 3.66. The molecule has 0 amide bonds. The zero-order valence-corrected chi connectivity index (χ0v) is 8.58. The third kappa shape index (κ3) is 1.50. The van der Waals surface area contributed by atoms with Gasteiger partial charge < -0.3 is 4.57 Å². The second-order valence-electron chi connectivity index (χ2n) is 3.25. The summed E-state index contributed by atoms with van der Waals surface area (Å²) in [6.45, 7) is 0.376. The Hall–Kier alpha value is -1.03. The van der Waals surface area contributed by atoms with Gasteiger partial charge in [0.05, 0.1) is 11.6 Å². The van der Waals surface area contributed by atoms with E-state index in [2.05, 4.69) is 4.84 Å². The van der Waals surface area contributed by atoms with Crippen LogP contribution in [0.15, 0.2) is 24.4 Å². The van der Waals surface area contributed by atoms with Gasteiger partial charge in [0, 0.05) is 24.1 Å². The van der Waals surface area contributed by atoms with Crippen LogP contribution in [0.3, 0.4) is 0 Å². The molecule has 0 aliphatic carbocycles. The van der Waals surface area contributed by atoms with Crippen molar-refractivity contribution < 1.29 is 4.84 Å². The summed E-state index contributed by atoms with van der Waals surface area (Å²) < 4.78 is 2.02. The first kappa shape index (κ1) is 9.52. The number of benzene rings is 1. The fourth-order valence-electron chi connectivity index (χ4n) is 1.56. The molecule has 0 unspecified atom stereocenters. The smallest absolute Gasteiger partial charge is 0.0931 e. The number of aryl methyl sites for hydroxylation is 1. The minimum Gasteiger partial charge on any atom is -0.350 e. The van der Waals surface area contributed by atoms with Crippen molar-refractivity contribution in [1.29, 1.82) is 0 Å². The van der Waals surface area contributed by atoms with Crippen LogP contribution in [0.5, 0.6) is 0 Å². The highest BCUT2D eigenvalue weighted by atomic mass is 35.5. The molecule has 0 aliphatic heterocycles. The first-order chi connectivity index (χ1) is 6.72. The van der Waals surface area contributed by atoms with Gasteiger partial charge in [-0.15, -0.1) is 0 Å². The molecule has 2 rings (SSSR count). The molecule has 74 valence electrons. The zero-order chi connectivity index (χ0) is 10.1. The summed E-state index contributed by atoms with van der Waals surface area (Å²) in [5, 5.41) is 1.78. The number of rotatable bonds is 2. The van der Waals surface area contributed by atoms with E-state index in [9.17, 15) is 0 Å². The number of hydrogen-bond donors (Lipinski definition) is 1. The van der Waals surface area contributed by atoms with Crippen molar-refractivity contribution in [2.45, 2.75) is 6.61 Å². The largest absolute Gasteiger partial charge is 0.350 e. The Kier molecular flexibility index (Phi) is 2.46. The fraction of sp³-hybridized carbons (Fsp3) is 0.200. The third-order valence-electron chi connectivity index (χ3n) is 2.26. The first-order valence-electron chi connectivity index (χ1n) is 4.27. The van der Waals surface area contributed by atoms with Crippen LogP contribution in [-0.2, 0) is 18.5 Å². The standard InChI is InChI=1S/C10H11ClN2O/c1-13-3-2-8-9(11)4-7(6-14-12)5-10(8)13/h2-5H,6,12H2,1H3. The highest BCUT2D eigenvalue weighted by Gasteiger charge is 2.04. The van der Waals surface area contributed by atoms with Gasteiger partial charge in [-0.25, -0.2) is 5.90 Å². The van der Waals surface area contributed by atoms with Gasteiger partial charge in [0.25, 0.3) is 0 Å². The van der Waals surface area contributed by atoms with Gasteiger partial charge in [0.2, 0.25) is 0 Å². The van der Waals surface area contributed by atoms with Crippen molar-refractivity contribution in [3.05, 3.63) is 35.0 Å². The van der Waals surface area contributed by atoms with Crippen LogP contribution in [0.1, 0.15) is 5.56 Å². The van der Waals surface area contributed by atoms with Gasteiger partial charge >= 0.3 is 0 Å². The lowest BCUT2D eigenvalue weighted by atomic mass is 10.2. The Balaban J connectivity index is 2.63. The SMILES string of the molecule is Cn1ccc2c(Cl)cc(CON)cc21. The topological polar surface area (TPSA) is 40.2 Å². The molecule has 2 N–H and O–H groups in total. The van der Waals surface area contributed by atoms with Gasteiger partial charge in [-0.2, -0.15) is 0 Å². The maximum absolute atomic E-state index is 6.10. The molecule has 0 fully saturated rings. The van der Waals surface area contributed by atoms with Crippen molar-refractivity contribution in [1.82, 2.24) is 4.57 Å². The first-order valence-corrected chi connectivity index (χ1v) is 4.65. The molecule has 0 bridgehead atoms. The molecule has 3 nitrogen and oxygen atoms in total. The molecule has 2 aromatic rings. The third-order valence-corrected chi connectivity index (χ3v) is 2.57. The average Bonchev–Trinajstić information content (AvgIpc) is 2.49. The molecule has 0 saturated carbocycles. The van der Waals surface area contributed by atoms with Gasteiger partial charge in [-0.05, 0) is 23.8 Å². The second kappa shape index (κ2) is 3.61. The highest BCUT2D eigenvalue weighted by molar-refractivity contribution is 6.35. The van der Waals surface area contributed by atoms with E-state index < -0.39 is 0 Å². The average molecular weight is 211 g/mol. The summed E-state index contributed by atoms with van der Waals surface area (Å²) >= 11 is 6.10. The summed E-state index contributed by atoms with van der Waals surface area (Å²) in [6.07, 6.45) is 1.98. The lowest BCUT2D eigenvalue weighted by molar-refractivity contribution is 0.124. The summed E-state index contributed by atoms with van der Waals surface area (Å²) in [5.41, 5.74) is 2.07. The summed E-state index contributed by atoms with van der Waals surface area (Å²) in [7, 11) is 1.98. The Morgan fingerprint density at radius 2 is 2.29 bits per heavy atom. The normalized spacial score (nSPS) is 11.1. The van der Waals surface area contributed by atoms with Gasteiger partial charge in [0.1, 0.15) is 0 Å². The van der Waals surface area contributed by atoms with Crippen LogP contribution >= 0.6 is 11.6 Å². The van der Waals surface area contributed by atoms with Crippen LogP contribution in [0.2, 0.25) is 5.02 Å². The predicted molar refractivity (Wildman–Crippen MR) is 56.9 cm³/mol. The van der Waals surface area contributed by atoms with E-state index in [4.69, 9.17) is 17.5 Å². The molecule has 1 heterocycles. The molecule has 0 spiro atoms. The maximum Gasteiger partial charge on any atom is 0.0931 e. The molecule has 0 aliphatic rings. The quantitative estimate of drug-likeness (QED) is 0.773. The minimum absolute atomic E-state index is 0.376. The van der Waals surface area contributed by atoms with E-state index in [0.717, 1.165) is 21.5 Å². The number of aromatic nitrogens is 1. The lowest BCUT2D eigenvalue weighted by Crippen LogP contribution is -1.99. The Morgan fingerprint density at radius 3 is 3.00 bits per heavy atom. The number of nitrogens with two attached hydrogens (primary N) is 1. The van der Waals surface area contributed by atoms with Crippen LogP contribution in [0.4, 0.5) is 0 Å². The molecule has 0 atom stereocenters. The number of fused-ring (bicyclic) bond motifs is 1. The molecule has 1 aromatic heterocycles. The van der Waals surface area contributed by atoms with E-state index in [1.807, 2.05) is 36.0 Å². The maximum atomic E-state index is 6.10. The van der Waals surface area contributed by atoms with Gasteiger partial charge in [0.15, 0.2) is 0 Å². The number of hydrogen-bond acceptors (Lipinski definition) is 2. The fourth-order valence-corrected chi connectivity index (χ4v) is 1.86. The molecule has 4 heteroatoms. The van der Waals surface area contributed by atoms with Gasteiger partial charge in [-0.3, -0.25) is 4.84 Å². The summed E-state index contributed by atoms with van der Waals surface area (Å²) in [4.78, 5) is 4.58. The monoisotopic (exact) mass is 210 g/mol. The Morgan fingerprint density at radius 1 is 1.50 bits per heavy atom. The number of halogens is 1. The van der Waals surface area contributed by atoms with Crippen molar-refractivity contribution in [3.63, 3.8) is 0 Å². The molecule has 0 saturated heterocycles. The number of nitrogens with zero attached hydrogens (tertiary/aromatic N) is 1. The van der Waals surface area contributed by atoms with Crippen molar-refractivity contribution in [2.75, 3.05) is 0 Å². The van der Waals surface area contributed by atoms with Crippen molar-refractivity contribution in [2.24, 2.45) is 12.9 Å². The summed E-state index contributed by atoms with van der Waals surface area (Å²) in [5.74, 6) is 5.02. The van der Waals surface area contributed by atoms with Crippen LogP contribution in [-0.4, -0.2) is 4.57 Å². The van der Waals surface area contributed by atoms with Crippen LogP contribution in [0.25, 0.3) is 10.9 Å². The Labute approximate surface area is 87.0 Å². The predicted octanol–water partition coefficient (Wildman–Crippen LogP) is 2.22. The van der Waals surface area contributed by atoms with Crippen molar-refractivity contribution >= 4 is 22.5 Å². The van der Waals surface area contributed by atoms with E-state index in [0.29, 0.717) is 6.61 Å². The molecule has 14 heavy (non-hydrogen) atoms. The van der Waals surface area contributed by atoms with E-state index in [1.165, 1.54) is 0 Å².